The zero-order valence-corrected chi connectivity index (χ0v) is 14.3. The third-order valence-corrected chi connectivity index (χ3v) is 4.74. The minimum atomic E-state index is -0.0733. The molecule has 0 aromatic heterocycles. The van der Waals surface area contributed by atoms with Gasteiger partial charge in [0.15, 0.2) is 0 Å². The SMILES string of the molecule is COc1ccc(C2CCCN2C(=O)c2cc(Cl)ccc2Cl)cc1. The minimum Gasteiger partial charge on any atom is -0.497 e. The van der Waals surface area contributed by atoms with E-state index in [0.29, 0.717) is 15.6 Å². The van der Waals surface area contributed by atoms with Crippen molar-refractivity contribution < 1.29 is 9.53 Å². The minimum absolute atomic E-state index is 0.0588. The van der Waals surface area contributed by atoms with Gasteiger partial charge in [0.05, 0.1) is 23.7 Å². The lowest BCUT2D eigenvalue weighted by atomic mass is 10.0. The third-order valence-electron chi connectivity index (χ3n) is 4.17. The molecule has 1 fully saturated rings. The van der Waals surface area contributed by atoms with Crippen LogP contribution in [-0.4, -0.2) is 24.5 Å². The Morgan fingerprint density at radius 2 is 1.91 bits per heavy atom. The van der Waals surface area contributed by atoms with Gasteiger partial charge in [-0.3, -0.25) is 4.79 Å². The summed E-state index contributed by atoms with van der Waals surface area (Å²) in [5.74, 6) is 0.735. The summed E-state index contributed by atoms with van der Waals surface area (Å²) >= 11 is 12.2. The number of rotatable bonds is 3. The van der Waals surface area contributed by atoms with Crippen LogP contribution in [-0.2, 0) is 0 Å². The van der Waals surface area contributed by atoms with Crippen molar-refractivity contribution in [3.8, 4) is 5.75 Å². The number of hydrogen-bond acceptors (Lipinski definition) is 2. The Morgan fingerprint density at radius 1 is 1.17 bits per heavy atom. The number of halogens is 2. The maximum Gasteiger partial charge on any atom is 0.255 e. The van der Waals surface area contributed by atoms with Crippen LogP contribution in [0.2, 0.25) is 10.0 Å². The van der Waals surface area contributed by atoms with Crippen molar-refractivity contribution in [2.24, 2.45) is 0 Å². The molecule has 0 aliphatic carbocycles. The number of ether oxygens (including phenoxy) is 1. The van der Waals surface area contributed by atoms with E-state index in [-0.39, 0.29) is 11.9 Å². The van der Waals surface area contributed by atoms with Crippen LogP contribution < -0.4 is 4.74 Å². The normalized spacial score (nSPS) is 17.3. The van der Waals surface area contributed by atoms with E-state index in [1.54, 1.807) is 25.3 Å². The lowest BCUT2D eigenvalue weighted by Crippen LogP contribution is -2.30. The van der Waals surface area contributed by atoms with E-state index >= 15 is 0 Å². The summed E-state index contributed by atoms with van der Waals surface area (Å²) < 4.78 is 5.19. The van der Waals surface area contributed by atoms with Gasteiger partial charge in [-0.1, -0.05) is 35.3 Å². The summed E-state index contributed by atoms with van der Waals surface area (Å²) in [6.07, 6.45) is 1.91. The predicted molar refractivity (Wildman–Crippen MR) is 92.5 cm³/mol. The van der Waals surface area contributed by atoms with Gasteiger partial charge in [0.25, 0.3) is 5.91 Å². The van der Waals surface area contributed by atoms with Crippen molar-refractivity contribution in [2.75, 3.05) is 13.7 Å². The second-order valence-corrected chi connectivity index (χ2v) is 6.40. The van der Waals surface area contributed by atoms with E-state index in [1.165, 1.54) is 0 Å². The van der Waals surface area contributed by atoms with Crippen molar-refractivity contribution in [1.29, 1.82) is 0 Å². The van der Waals surface area contributed by atoms with Crippen LogP contribution in [0.15, 0.2) is 42.5 Å². The van der Waals surface area contributed by atoms with Crippen LogP contribution >= 0.6 is 23.2 Å². The van der Waals surface area contributed by atoms with Crippen LogP contribution in [0.3, 0.4) is 0 Å². The van der Waals surface area contributed by atoms with Crippen LogP contribution in [0.4, 0.5) is 0 Å². The highest BCUT2D eigenvalue weighted by molar-refractivity contribution is 6.35. The van der Waals surface area contributed by atoms with Crippen molar-refractivity contribution in [3.63, 3.8) is 0 Å². The monoisotopic (exact) mass is 349 g/mol. The third kappa shape index (κ3) is 3.31. The van der Waals surface area contributed by atoms with E-state index in [2.05, 4.69) is 0 Å². The summed E-state index contributed by atoms with van der Waals surface area (Å²) in [7, 11) is 1.64. The van der Waals surface area contributed by atoms with Gasteiger partial charge >= 0.3 is 0 Å². The average Bonchev–Trinajstić information content (AvgIpc) is 3.06. The Kier molecular flexibility index (Phi) is 4.79. The van der Waals surface area contributed by atoms with Crippen molar-refractivity contribution in [3.05, 3.63) is 63.6 Å². The van der Waals surface area contributed by atoms with Crippen molar-refractivity contribution in [1.82, 2.24) is 4.90 Å². The lowest BCUT2D eigenvalue weighted by molar-refractivity contribution is 0.0736. The molecule has 120 valence electrons. The molecule has 0 radical (unpaired) electrons. The Bertz CT molecular complexity index is 715. The molecule has 1 aliphatic heterocycles. The van der Waals surface area contributed by atoms with Gasteiger partial charge in [0.1, 0.15) is 5.75 Å². The first-order valence-electron chi connectivity index (χ1n) is 7.50. The zero-order valence-electron chi connectivity index (χ0n) is 12.8. The number of amides is 1. The number of benzene rings is 2. The zero-order chi connectivity index (χ0) is 16.4. The first kappa shape index (κ1) is 16.2. The summed E-state index contributed by atoms with van der Waals surface area (Å²) in [6.45, 7) is 0.721. The molecule has 0 bridgehead atoms. The van der Waals surface area contributed by atoms with E-state index in [9.17, 15) is 4.79 Å². The summed E-state index contributed by atoms with van der Waals surface area (Å²) in [5.41, 5.74) is 1.56. The quantitative estimate of drug-likeness (QED) is 0.781. The highest BCUT2D eigenvalue weighted by atomic mass is 35.5. The molecule has 0 N–H and O–H groups in total. The standard InChI is InChI=1S/C18H17Cl2NO2/c1-23-14-7-4-12(5-8-14)17-3-2-10-21(17)18(22)15-11-13(19)6-9-16(15)20/h4-9,11,17H,2-3,10H2,1H3. The maximum atomic E-state index is 12.9. The molecule has 2 aromatic carbocycles. The van der Waals surface area contributed by atoms with Crippen LogP contribution in [0, 0.1) is 0 Å². The van der Waals surface area contributed by atoms with Gasteiger partial charge in [-0.15, -0.1) is 0 Å². The Morgan fingerprint density at radius 3 is 2.61 bits per heavy atom. The number of carbonyl (C=O) groups is 1. The number of carbonyl (C=O) groups excluding carboxylic acids is 1. The fourth-order valence-corrected chi connectivity index (χ4v) is 3.37. The van der Waals surface area contributed by atoms with Crippen LogP contribution in [0.5, 0.6) is 5.75 Å². The number of likely N-dealkylation sites (tertiary alicyclic amines) is 1. The highest BCUT2D eigenvalue weighted by Crippen LogP contribution is 2.35. The summed E-state index contributed by atoms with van der Waals surface area (Å²) in [6, 6.07) is 12.9. The molecule has 1 amide bonds. The Hall–Kier alpha value is -1.71. The molecule has 23 heavy (non-hydrogen) atoms. The van der Waals surface area contributed by atoms with Crippen molar-refractivity contribution in [2.45, 2.75) is 18.9 Å². The Balaban J connectivity index is 1.88. The molecule has 3 nitrogen and oxygen atoms in total. The molecular weight excluding hydrogens is 333 g/mol. The molecule has 1 saturated heterocycles. The molecule has 3 rings (SSSR count). The molecule has 2 aromatic rings. The summed E-state index contributed by atoms with van der Waals surface area (Å²) in [5, 5.41) is 0.942. The first-order chi connectivity index (χ1) is 11.1. The average molecular weight is 350 g/mol. The Labute approximate surface area is 145 Å². The van der Waals surface area contributed by atoms with E-state index in [4.69, 9.17) is 27.9 Å². The van der Waals surface area contributed by atoms with Gasteiger partial charge in [-0.2, -0.15) is 0 Å². The topological polar surface area (TPSA) is 29.5 Å². The fraction of sp³-hybridized carbons (Fsp3) is 0.278. The van der Waals surface area contributed by atoms with Gasteiger partial charge in [-0.25, -0.2) is 0 Å². The van der Waals surface area contributed by atoms with Crippen LogP contribution in [0.1, 0.15) is 34.8 Å². The first-order valence-corrected chi connectivity index (χ1v) is 8.25. The molecule has 0 spiro atoms. The highest BCUT2D eigenvalue weighted by Gasteiger charge is 2.31. The summed E-state index contributed by atoms with van der Waals surface area (Å²) in [4.78, 5) is 14.8. The fourth-order valence-electron chi connectivity index (χ4n) is 3.00. The number of nitrogens with zero attached hydrogens (tertiary/aromatic N) is 1. The smallest absolute Gasteiger partial charge is 0.255 e. The molecule has 1 aliphatic rings. The van der Waals surface area contributed by atoms with Gasteiger partial charge in [-0.05, 0) is 48.7 Å². The van der Waals surface area contributed by atoms with Crippen molar-refractivity contribution >= 4 is 29.1 Å². The van der Waals surface area contributed by atoms with Gasteiger partial charge in [0, 0.05) is 11.6 Å². The predicted octanol–water partition coefficient (Wildman–Crippen LogP) is 4.98. The number of methoxy groups -OCH3 is 1. The van der Waals surface area contributed by atoms with Crippen LogP contribution in [0.25, 0.3) is 0 Å². The van der Waals surface area contributed by atoms with E-state index in [1.807, 2.05) is 29.2 Å². The molecule has 0 saturated carbocycles. The van der Waals surface area contributed by atoms with E-state index in [0.717, 1.165) is 30.7 Å². The largest absolute Gasteiger partial charge is 0.497 e. The van der Waals surface area contributed by atoms with E-state index < -0.39 is 0 Å². The number of hydrogen-bond donors (Lipinski definition) is 0. The second kappa shape index (κ2) is 6.81. The van der Waals surface area contributed by atoms with Gasteiger partial charge < -0.3 is 9.64 Å². The molecular formula is C18H17Cl2NO2. The molecule has 5 heteroatoms. The maximum absolute atomic E-state index is 12.9. The molecule has 1 heterocycles. The second-order valence-electron chi connectivity index (χ2n) is 5.55. The molecule has 1 unspecified atom stereocenters. The lowest BCUT2D eigenvalue weighted by Gasteiger charge is -2.25. The van der Waals surface area contributed by atoms with Gasteiger partial charge in [0.2, 0.25) is 0 Å². The molecule has 1 atom stereocenters.